The lowest BCUT2D eigenvalue weighted by atomic mass is 10.1. The second-order valence-electron chi connectivity index (χ2n) is 5.37. The zero-order valence-corrected chi connectivity index (χ0v) is 14.7. The summed E-state index contributed by atoms with van der Waals surface area (Å²) in [6, 6.07) is 11.6. The highest BCUT2D eigenvalue weighted by Gasteiger charge is 2.11. The predicted molar refractivity (Wildman–Crippen MR) is 94.8 cm³/mol. The second kappa shape index (κ2) is 7.64. The van der Waals surface area contributed by atoms with E-state index < -0.39 is 11.3 Å². The number of nitrogens with one attached hydrogen (secondary N) is 1. The Morgan fingerprint density at radius 1 is 1.16 bits per heavy atom. The van der Waals surface area contributed by atoms with E-state index in [1.165, 1.54) is 0 Å². The lowest BCUT2D eigenvalue weighted by Crippen LogP contribution is -2.19. The summed E-state index contributed by atoms with van der Waals surface area (Å²) in [6.07, 6.45) is 2.40. The highest BCUT2D eigenvalue weighted by Crippen LogP contribution is 2.32. The third-order valence-corrected chi connectivity index (χ3v) is 4.33. The van der Waals surface area contributed by atoms with Gasteiger partial charge < -0.3 is 14.0 Å². The first kappa shape index (κ1) is 17.4. The first-order chi connectivity index (χ1) is 12.1. The summed E-state index contributed by atoms with van der Waals surface area (Å²) in [4.78, 5) is 0. The van der Waals surface area contributed by atoms with E-state index in [-0.39, 0.29) is 0 Å². The fourth-order valence-electron chi connectivity index (χ4n) is 2.64. The summed E-state index contributed by atoms with van der Waals surface area (Å²) >= 11 is -2.23. The van der Waals surface area contributed by atoms with Crippen LogP contribution in [0.2, 0.25) is 0 Å². The maximum Gasteiger partial charge on any atom is 0.162 e. The molecular weight excluding hydrogens is 342 g/mol. The van der Waals surface area contributed by atoms with Crippen molar-refractivity contribution in [3.8, 4) is 17.2 Å². The Morgan fingerprint density at radius 3 is 2.48 bits per heavy atom. The highest BCUT2D eigenvalue weighted by atomic mass is 32.2. The molecule has 1 aromatic heterocycles. The van der Waals surface area contributed by atoms with Gasteiger partial charge in [-0.3, -0.25) is 4.21 Å². The molecule has 1 unspecified atom stereocenters. The van der Waals surface area contributed by atoms with Crippen LogP contribution in [0.5, 0.6) is 11.5 Å². The fraction of sp³-hybridized carbons (Fsp3) is 0.235. The topological polar surface area (TPSA) is 88.4 Å². The van der Waals surface area contributed by atoms with Crippen LogP contribution in [0.4, 0.5) is 0 Å². The highest BCUT2D eigenvalue weighted by molar-refractivity contribution is 7.77. The molecule has 0 aliphatic heterocycles. The second-order valence-corrected chi connectivity index (χ2v) is 6.13. The summed E-state index contributed by atoms with van der Waals surface area (Å²) < 4.78 is 35.8. The van der Waals surface area contributed by atoms with Gasteiger partial charge in [0.2, 0.25) is 0 Å². The van der Waals surface area contributed by atoms with Crippen LogP contribution in [0.3, 0.4) is 0 Å². The zero-order chi connectivity index (χ0) is 17.8. The van der Waals surface area contributed by atoms with Gasteiger partial charge >= 0.3 is 0 Å². The van der Waals surface area contributed by atoms with E-state index in [2.05, 4.69) is 9.82 Å². The summed E-state index contributed by atoms with van der Waals surface area (Å²) in [6.45, 7) is 0.372. The van der Waals surface area contributed by atoms with Crippen molar-refractivity contribution in [1.82, 2.24) is 14.5 Å². The number of aromatic nitrogens is 2. The number of fused-ring (bicyclic) bond motifs is 1. The maximum atomic E-state index is 10.5. The van der Waals surface area contributed by atoms with Crippen molar-refractivity contribution < 1.29 is 18.2 Å². The van der Waals surface area contributed by atoms with Crippen LogP contribution < -0.4 is 14.2 Å². The molecule has 1 atom stereocenters. The fourth-order valence-corrected chi connectivity index (χ4v) is 2.91. The summed E-state index contributed by atoms with van der Waals surface area (Å²) in [5.41, 5.74) is 2.86. The molecule has 7 nitrogen and oxygen atoms in total. The van der Waals surface area contributed by atoms with Crippen molar-refractivity contribution >= 4 is 22.2 Å². The van der Waals surface area contributed by atoms with Crippen LogP contribution in [0.1, 0.15) is 5.56 Å². The van der Waals surface area contributed by atoms with Gasteiger partial charge in [-0.1, -0.05) is 12.1 Å². The van der Waals surface area contributed by atoms with Crippen molar-refractivity contribution in [2.75, 3.05) is 20.8 Å². The smallest absolute Gasteiger partial charge is 0.162 e. The summed E-state index contributed by atoms with van der Waals surface area (Å²) in [7, 11) is 3.20. The Morgan fingerprint density at radius 2 is 1.84 bits per heavy atom. The quantitative estimate of drug-likeness (QED) is 0.651. The van der Waals surface area contributed by atoms with E-state index in [1.54, 1.807) is 20.4 Å². The standard InChI is InChI=1S/C17H19N3O4S/c1-23-16-9-13-11-18-20(15(13)10-17(16)24-2)14-5-3-12(4-6-14)7-8-19-25(21)22/h3-6,9-11,19H,7-8H2,1-2H3,(H,21,22)/p-1. The number of methoxy groups -OCH3 is 2. The average molecular weight is 360 g/mol. The lowest BCUT2D eigenvalue weighted by Gasteiger charge is -2.10. The van der Waals surface area contributed by atoms with Crippen molar-refractivity contribution in [3.05, 3.63) is 48.2 Å². The normalized spacial score (nSPS) is 12.3. The van der Waals surface area contributed by atoms with E-state index in [0.29, 0.717) is 24.5 Å². The Bertz CT molecular complexity index is 893. The van der Waals surface area contributed by atoms with Gasteiger partial charge in [0.25, 0.3) is 0 Å². The Balaban J connectivity index is 1.87. The third-order valence-electron chi connectivity index (χ3n) is 3.89. The molecule has 8 heteroatoms. The van der Waals surface area contributed by atoms with Crippen molar-refractivity contribution in [2.24, 2.45) is 0 Å². The molecule has 3 aromatic rings. The molecule has 0 bridgehead atoms. The molecule has 132 valence electrons. The van der Waals surface area contributed by atoms with E-state index in [1.807, 2.05) is 41.1 Å². The predicted octanol–water partition coefficient (Wildman–Crippen LogP) is 1.97. The van der Waals surface area contributed by atoms with E-state index in [4.69, 9.17) is 9.47 Å². The maximum absolute atomic E-state index is 10.5. The Kier molecular flexibility index (Phi) is 5.32. The van der Waals surface area contributed by atoms with Crippen LogP contribution in [-0.4, -0.2) is 39.3 Å². The molecule has 25 heavy (non-hydrogen) atoms. The zero-order valence-electron chi connectivity index (χ0n) is 13.9. The SMILES string of the molecule is COc1cc2cnn(-c3ccc(CCNS(=O)[O-])cc3)c2cc1OC. The minimum atomic E-state index is -2.23. The van der Waals surface area contributed by atoms with Gasteiger partial charge in [0.1, 0.15) is 0 Å². The minimum absolute atomic E-state index is 0.372. The van der Waals surface area contributed by atoms with Gasteiger partial charge in [0.15, 0.2) is 11.5 Å². The molecule has 0 fully saturated rings. The number of benzene rings is 2. The van der Waals surface area contributed by atoms with Gasteiger partial charge in [-0.25, -0.2) is 9.40 Å². The van der Waals surface area contributed by atoms with Gasteiger partial charge in [-0.15, -0.1) is 0 Å². The van der Waals surface area contributed by atoms with Crippen LogP contribution in [0.15, 0.2) is 42.6 Å². The van der Waals surface area contributed by atoms with Crippen LogP contribution in [0.25, 0.3) is 16.6 Å². The van der Waals surface area contributed by atoms with Crippen LogP contribution in [-0.2, 0) is 17.7 Å². The van der Waals surface area contributed by atoms with E-state index >= 15 is 0 Å². The minimum Gasteiger partial charge on any atom is -0.760 e. The van der Waals surface area contributed by atoms with Crippen LogP contribution in [0, 0.1) is 0 Å². The summed E-state index contributed by atoms with van der Waals surface area (Å²) in [5.74, 6) is 1.30. The first-order valence-electron chi connectivity index (χ1n) is 7.64. The first-order valence-corrected chi connectivity index (χ1v) is 8.71. The summed E-state index contributed by atoms with van der Waals surface area (Å²) in [5, 5.41) is 5.39. The molecule has 0 aliphatic carbocycles. The third kappa shape index (κ3) is 3.81. The number of hydrogen-bond acceptors (Lipinski definition) is 5. The van der Waals surface area contributed by atoms with E-state index in [0.717, 1.165) is 22.2 Å². The molecule has 2 aromatic carbocycles. The van der Waals surface area contributed by atoms with Crippen molar-refractivity contribution in [3.63, 3.8) is 0 Å². The largest absolute Gasteiger partial charge is 0.760 e. The van der Waals surface area contributed by atoms with Gasteiger partial charge in [0.05, 0.1) is 31.6 Å². The molecule has 0 spiro atoms. The molecule has 0 saturated carbocycles. The van der Waals surface area contributed by atoms with E-state index in [9.17, 15) is 8.76 Å². The van der Waals surface area contributed by atoms with Crippen LogP contribution >= 0.6 is 0 Å². The Hall–Kier alpha value is -2.42. The molecular formula is C17H18N3O4S-. The van der Waals surface area contributed by atoms with Gasteiger partial charge in [0, 0.05) is 29.3 Å². The average Bonchev–Trinajstić information content (AvgIpc) is 3.03. The Labute approximate surface area is 148 Å². The van der Waals surface area contributed by atoms with Gasteiger partial charge in [-0.05, 0) is 30.2 Å². The molecule has 3 rings (SSSR count). The van der Waals surface area contributed by atoms with Crippen molar-refractivity contribution in [2.45, 2.75) is 6.42 Å². The van der Waals surface area contributed by atoms with Crippen molar-refractivity contribution in [1.29, 1.82) is 0 Å². The molecule has 1 heterocycles. The molecule has 0 aliphatic rings. The molecule has 0 radical (unpaired) electrons. The lowest BCUT2D eigenvalue weighted by molar-refractivity contribution is 0.356. The number of nitrogens with zero attached hydrogens (tertiary/aromatic N) is 2. The monoisotopic (exact) mass is 360 g/mol. The molecule has 0 amide bonds. The van der Waals surface area contributed by atoms with Gasteiger partial charge in [-0.2, -0.15) is 5.10 Å². The molecule has 0 saturated heterocycles. The number of ether oxygens (including phenoxy) is 2. The molecule has 1 N–H and O–H groups in total. The number of rotatable bonds is 7. The number of hydrogen-bond donors (Lipinski definition) is 1.